The second kappa shape index (κ2) is 8.56. The van der Waals surface area contributed by atoms with Crippen LogP contribution in [0.1, 0.15) is 4.88 Å². The predicted octanol–water partition coefficient (Wildman–Crippen LogP) is 2.57. The van der Waals surface area contributed by atoms with E-state index in [-0.39, 0.29) is 15.6 Å². The SMILES string of the molecule is COc1ccc2c(=O)n(-c3ccc(NC(=O)NS(=O)(=O)c4ccc(C)s4)cc3)c(=O)[nH]c2c1. The highest BCUT2D eigenvalue weighted by Gasteiger charge is 2.19. The molecule has 12 heteroatoms. The molecule has 4 aromatic rings. The third kappa shape index (κ3) is 4.52. The van der Waals surface area contributed by atoms with Crippen molar-refractivity contribution in [2.45, 2.75) is 11.1 Å². The van der Waals surface area contributed by atoms with Gasteiger partial charge >= 0.3 is 11.7 Å². The van der Waals surface area contributed by atoms with Gasteiger partial charge in [-0.2, -0.15) is 0 Å². The summed E-state index contributed by atoms with van der Waals surface area (Å²) in [6.07, 6.45) is 0. The number of nitrogens with one attached hydrogen (secondary N) is 3. The number of urea groups is 1. The first-order chi connectivity index (χ1) is 15.7. The molecular formula is C21H18N4O6S2. The zero-order valence-corrected chi connectivity index (χ0v) is 19.0. The number of sulfonamides is 1. The van der Waals surface area contributed by atoms with Crippen LogP contribution >= 0.6 is 11.3 Å². The molecule has 0 saturated carbocycles. The highest BCUT2D eigenvalue weighted by Crippen LogP contribution is 2.20. The molecule has 3 N–H and O–H groups in total. The minimum absolute atomic E-state index is 0.0259. The fraction of sp³-hybridized carbons (Fsp3) is 0.0952. The van der Waals surface area contributed by atoms with Crippen LogP contribution in [0.5, 0.6) is 5.75 Å². The van der Waals surface area contributed by atoms with E-state index >= 15 is 0 Å². The maximum absolute atomic E-state index is 12.9. The van der Waals surface area contributed by atoms with Crippen LogP contribution < -0.4 is 26.0 Å². The summed E-state index contributed by atoms with van der Waals surface area (Å²) in [6.45, 7) is 1.76. The van der Waals surface area contributed by atoms with Crippen LogP contribution in [0.3, 0.4) is 0 Å². The zero-order valence-electron chi connectivity index (χ0n) is 17.4. The molecule has 0 spiro atoms. The fourth-order valence-corrected chi connectivity index (χ4v) is 5.33. The van der Waals surface area contributed by atoms with E-state index in [1.54, 1.807) is 31.2 Å². The number of aryl methyl sites for hydroxylation is 1. The Morgan fingerprint density at radius 3 is 2.42 bits per heavy atom. The minimum Gasteiger partial charge on any atom is -0.497 e. The van der Waals surface area contributed by atoms with Gasteiger partial charge in [0.15, 0.2) is 0 Å². The van der Waals surface area contributed by atoms with Gasteiger partial charge < -0.3 is 15.0 Å². The number of H-pyrrole nitrogens is 1. The first-order valence-corrected chi connectivity index (χ1v) is 11.8. The Morgan fingerprint density at radius 2 is 1.79 bits per heavy atom. The molecule has 0 aliphatic rings. The van der Waals surface area contributed by atoms with E-state index in [0.717, 1.165) is 20.8 Å². The number of carbonyl (C=O) groups is 1. The first-order valence-electron chi connectivity index (χ1n) is 9.52. The van der Waals surface area contributed by atoms with Gasteiger partial charge in [0, 0.05) is 16.6 Å². The van der Waals surface area contributed by atoms with Crippen molar-refractivity contribution in [3.05, 3.63) is 80.3 Å². The maximum Gasteiger partial charge on any atom is 0.333 e. The van der Waals surface area contributed by atoms with Crippen molar-refractivity contribution in [1.29, 1.82) is 0 Å². The topological polar surface area (TPSA) is 139 Å². The average Bonchev–Trinajstić information content (AvgIpc) is 3.21. The molecule has 0 aliphatic carbocycles. The van der Waals surface area contributed by atoms with Crippen molar-refractivity contribution in [2.75, 3.05) is 12.4 Å². The molecule has 0 unspecified atom stereocenters. The van der Waals surface area contributed by atoms with Crippen LogP contribution in [-0.4, -0.2) is 31.1 Å². The number of rotatable bonds is 5. The van der Waals surface area contributed by atoms with Crippen LogP contribution in [0.15, 0.2) is 68.4 Å². The van der Waals surface area contributed by atoms with E-state index < -0.39 is 27.3 Å². The number of anilines is 1. The van der Waals surface area contributed by atoms with E-state index in [4.69, 9.17) is 4.74 Å². The highest BCUT2D eigenvalue weighted by atomic mass is 32.2. The Hall–Kier alpha value is -3.90. The molecule has 0 saturated heterocycles. The number of hydrogen-bond donors (Lipinski definition) is 3. The number of hydrogen-bond acceptors (Lipinski definition) is 7. The molecule has 2 amide bonds. The molecule has 0 atom stereocenters. The summed E-state index contributed by atoms with van der Waals surface area (Å²) < 4.78 is 32.6. The van der Waals surface area contributed by atoms with Crippen LogP contribution in [0.2, 0.25) is 0 Å². The third-order valence-electron chi connectivity index (χ3n) is 4.70. The standard InChI is InChI=1S/C21H18N4O6S2/c1-12-3-10-18(32-12)33(29,30)24-20(27)22-13-4-6-14(7-5-13)25-19(26)16-9-8-15(31-2)11-17(16)23-21(25)28/h3-11H,1-2H3,(H,23,28)(H2,22,24,27). The number of nitrogens with zero attached hydrogens (tertiary/aromatic N) is 1. The van der Waals surface area contributed by atoms with Gasteiger partial charge in [0.2, 0.25) is 0 Å². The lowest BCUT2D eigenvalue weighted by molar-refractivity contribution is 0.256. The molecule has 0 aliphatic heterocycles. The van der Waals surface area contributed by atoms with E-state index in [2.05, 4.69) is 10.3 Å². The number of thiophene rings is 1. The van der Waals surface area contributed by atoms with E-state index in [1.807, 2.05) is 4.72 Å². The van der Waals surface area contributed by atoms with Gasteiger partial charge in [0.25, 0.3) is 15.6 Å². The Balaban J connectivity index is 1.56. The lowest BCUT2D eigenvalue weighted by atomic mass is 10.2. The van der Waals surface area contributed by atoms with Crippen molar-refractivity contribution in [3.8, 4) is 11.4 Å². The molecule has 2 aromatic heterocycles. The molecule has 10 nitrogen and oxygen atoms in total. The summed E-state index contributed by atoms with van der Waals surface area (Å²) in [6, 6.07) is 12.6. The number of aromatic nitrogens is 2. The maximum atomic E-state index is 12.9. The fourth-order valence-electron chi connectivity index (χ4n) is 3.14. The number of aromatic amines is 1. The normalized spacial score (nSPS) is 11.3. The van der Waals surface area contributed by atoms with E-state index in [1.165, 1.54) is 37.4 Å². The van der Waals surface area contributed by atoms with Gasteiger partial charge in [-0.25, -0.2) is 27.3 Å². The molecule has 33 heavy (non-hydrogen) atoms. The smallest absolute Gasteiger partial charge is 0.333 e. The summed E-state index contributed by atoms with van der Waals surface area (Å²) in [4.78, 5) is 41.0. The Kier molecular flexibility index (Phi) is 5.78. The van der Waals surface area contributed by atoms with Crippen molar-refractivity contribution in [1.82, 2.24) is 14.3 Å². The Labute approximate surface area is 191 Å². The predicted molar refractivity (Wildman–Crippen MR) is 125 cm³/mol. The van der Waals surface area contributed by atoms with Crippen molar-refractivity contribution in [3.63, 3.8) is 0 Å². The van der Waals surface area contributed by atoms with Crippen molar-refractivity contribution < 1.29 is 17.9 Å². The summed E-state index contributed by atoms with van der Waals surface area (Å²) in [5, 5.41) is 2.71. The van der Waals surface area contributed by atoms with Gasteiger partial charge in [-0.15, -0.1) is 11.3 Å². The molecule has 4 rings (SSSR count). The van der Waals surface area contributed by atoms with Gasteiger partial charge in [-0.3, -0.25) is 4.79 Å². The molecule has 2 aromatic carbocycles. The van der Waals surface area contributed by atoms with Crippen LogP contribution in [0.4, 0.5) is 10.5 Å². The summed E-state index contributed by atoms with van der Waals surface area (Å²) in [5.74, 6) is 0.500. The van der Waals surface area contributed by atoms with Gasteiger partial charge in [0.05, 0.1) is 23.7 Å². The minimum atomic E-state index is -3.99. The van der Waals surface area contributed by atoms with Gasteiger partial charge in [-0.05, 0) is 55.5 Å². The van der Waals surface area contributed by atoms with Gasteiger partial charge in [0.1, 0.15) is 9.96 Å². The molecular weight excluding hydrogens is 468 g/mol. The molecule has 0 bridgehead atoms. The monoisotopic (exact) mass is 486 g/mol. The molecule has 0 radical (unpaired) electrons. The summed E-state index contributed by atoms with van der Waals surface area (Å²) in [5.41, 5.74) is -0.281. The van der Waals surface area contributed by atoms with Crippen molar-refractivity contribution in [2.24, 2.45) is 0 Å². The number of ether oxygens (including phenoxy) is 1. The molecule has 2 heterocycles. The second-order valence-corrected chi connectivity index (χ2v) is 10.2. The number of carbonyl (C=O) groups excluding carboxylic acids is 1. The zero-order chi connectivity index (χ0) is 23.8. The molecule has 0 fully saturated rings. The molecule has 170 valence electrons. The lowest BCUT2D eigenvalue weighted by Gasteiger charge is -2.10. The van der Waals surface area contributed by atoms with Gasteiger partial charge in [-0.1, -0.05) is 0 Å². The second-order valence-electron chi connectivity index (χ2n) is 6.95. The summed E-state index contributed by atoms with van der Waals surface area (Å²) in [7, 11) is -2.51. The van der Waals surface area contributed by atoms with Crippen LogP contribution in [0.25, 0.3) is 16.6 Å². The van der Waals surface area contributed by atoms with E-state index in [9.17, 15) is 22.8 Å². The number of benzene rings is 2. The number of fused-ring (bicyclic) bond motifs is 1. The largest absolute Gasteiger partial charge is 0.497 e. The Bertz CT molecular complexity index is 1580. The number of amides is 2. The third-order valence-corrected chi connectivity index (χ3v) is 7.52. The quantitative estimate of drug-likeness (QED) is 0.396. The average molecular weight is 487 g/mol. The van der Waals surface area contributed by atoms with Crippen LogP contribution in [0, 0.1) is 6.92 Å². The summed E-state index contributed by atoms with van der Waals surface area (Å²) >= 11 is 1.05. The number of methoxy groups -OCH3 is 1. The lowest BCUT2D eigenvalue weighted by Crippen LogP contribution is -2.34. The highest BCUT2D eigenvalue weighted by molar-refractivity contribution is 7.92. The van der Waals surface area contributed by atoms with E-state index in [0.29, 0.717) is 16.7 Å². The van der Waals surface area contributed by atoms with Crippen LogP contribution in [-0.2, 0) is 10.0 Å². The Morgan fingerprint density at radius 1 is 1.06 bits per heavy atom. The first kappa shape index (κ1) is 22.3. The van der Waals surface area contributed by atoms with Crippen molar-refractivity contribution >= 4 is 44.0 Å².